The normalized spacial score (nSPS) is 13.2. The lowest BCUT2D eigenvalue weighted by Crippen LogP contribution is -2.11. The quantitative estimate of drug-likeness (QED) is 0.189. The first kappa shape index (κ1) is 35.7. The summed E-state index contributed by atoms with van der Waals surface area (Å²) in [6, 6.07) is 11.9. The first-order valence-electron chi connectivity index (χ1n) is 13.6. The minimum atomic E-state index is -5.52. The van der Waals surface area contributed by atoms with Gasteiger partial charge in [0.2, 0.25) is 0 Å². The van der Waals surface area contributed by atoms with Crippen LogP contribution in [0, 0.1) is 103 Å². The highest BCUT2D eigenvalue weighted by Crippen LogP contribution is 2.57. The van der Waals surface area contributed by atoms with Crippen LogP contribution in [0.1, 0.15) is 50.1 Å². The highest BCUT2D eigenvalue weighted by Gasteiger charge is 2.43. The third-order valence-corrected chi connectivity index (χ3v) is 7.89. The molecule has 0 amide bonds. The van der Waals surface area contributed by atoms with Crippen molar-refractivity contribution in [2.24, 2.45) is 0 Å². The van der Waals surface area contributed by atoms with E-state index in [2.05, 4.69) is 0 Å². The number of benzene rings is 3. The Hall–Kier alpha value is -7.65. The van der Waals surface area contributed by atoms with Gasteiger partial charge in [0, 0.05) is 39.0 Å². The minimum Gasteiger partial charge on any atom is -0.204 e. The number of fused-ring (bicyclic) bond motifs is 2. The summed E-state index contributed by atoms with van der Waals surface area (Å²) in [7, 11) is 0. The topological polar surface area (TPSA) is 167 Å². The lowest BCUT2D eigenvalue weighted by molar-refractivity contribution is -0.141. The van der Waals surface area contributed by atoms with E-state index in [1.807, 2.05) is 0 Å². The molecule has 5 rings (SSSR count). The largest absolute Gasteiger partial charge is 0.419 e. The molecular weight excluding hydrogens is 708 g/mol. The molecule has 0 fully saturated rings. The van der Waals surface area contributed by atoms with Gasteiger partial charge in [0.25, 0.3) is 0 Å². The van der Waals surface area contributed by atoms with Crippen molar-refractivity contribution >= 4 is 33.4 Å². The lowest BCUT2D eigenvalue weighted by Gasteiger charge is -2.15. The summed E-state index contributed by atoms with van der Waals surface area (Å²) < 4.78 is 140. The number of alkyl halides is 6. The van der Waals surface area contributed by atoms with Crippen molar-refractivity contribution in [3.05, 3.63) is 115 Å². The SMILES string of the molecule is N#CC(C#N)=C1C(c2cc(F)c(F)c(C(F)(F)F)c2)=C(C#N)c2c1cc1c(c2C#N)C(=C(C#N)C#N)C(c2cc(F)c(F)c(C(F)(F)F)c2)=C1C#N. The molecule has 0 unspecified atom stereocenters. The third-order valence-electron chi connectivity index (χ3n) is 7.89. The highest BCUT2D eigenvalue weighted by molar-refractivity contribution is 6.31. The summed E-state index contributed by atoms with van der Waals surface area (Å²) in [5.74, 6) is -8.84. The molecule has 0 saturated carbocycles. The summed E-state index contributed by atoms with van der Waals surface area (Å²) in [6.45, 7) is 0. The molecule has 250 valence electrons. The average molecular weight is 713 g/mol. The van der Waals surface area contributed by atoms with Crippen molar-refractivity contribution in [1.29, 1.82) is 36.8 Å². The van der Waals surface area contributed by atoms with Crippen LogP contribution in [-0.4, -0.2) is 0 Å². The van der Waals surface area contributed by atoms with Crippen LogP contribution in [0.2, 0.25) is 0 Å². The fraction of sp³-hybridized carbons (Fsp3) is 0.0571. The van der Waals surface area contributed by atoms with Crippen molar-refractivity contribution in [1.82, 2.24) is 0 Å². The molecule has 0 atom stereocenters. The molecule has 2 aliphatic carbocycles. The maximum absolute atomic E-state index is 14.7. The molecule has 0 heterocycles. The molecule has 0 aromatic heterocycles. The number of hydrogen-bond acceptors (Lipinski definition) is 7. The molecule has 0 aliphatic heterocycles. The van der Waals surface area contributed by atoms with Crippen LogP contribution >= 0.6 is 0 Å². The van der Waals surface area contributed by atoms with Gasteiger partial charge in [0.15, 0.2) is 23.3 Å². The molecule has 7 nitrogen and oxygen atoms in total. The Morgan fingerprint density at radius 1 is 0.481 bits per heavy atom. The molecule has 52 heavy (non-hydrogen) atoms. The Kier molecular flexibility index (Phi) is 8.47. The van der Waals surface area contributed by atoms with Crippen molar-refractivity contribution < 1.29 is 43.9 Å². The van der Waals surface area contributed by atoms with Gasteiger partial charge >= 0.3 is 12.4 Å². The number of nitrogens with zero attached hydrogens (tertiary/aromatic N) is 7. The highest BCUT2D eigenvalue weighted by atomic mass is 19.4. The van der Waals surface area contributed by atoms with Crippen LogP contribution < -0.4 is 0 Å². The maximum atomic E-state index is 14.7. The zero-order chi connectivity index (χ0) is 38.6. The van der Waals surface area contributed by atoms with Gasteiger partial charge < -0.3 is 0 Å². The van der Waals surface area contributed by atoms with E-state index in [0.717, 1.165) is 6.07 Å². The Balaban J connectivity index is 2.03. The summed E-state index contributed by atoms with van der Waals surface area (Å²) in [5, 5.41) is 70.4. The van der Waals surface area contributed by atoms with Crippen molar-refractivity contribution in [3.63, 3.8) is 0 Å². The summed E-state index contributed by atoms with van der Waals surface area (Å²) >= 11 is 0. The van der Waals surface area contributed by atoms with Crippen LogP contribution in [0.25, 0.3) is 33.4 Å². The molecule has 0 N–H and O–H groups in total. The van der Waals surface area contributed by atoms with E-state index in [1.54, 1.807) is 18.2 Å². The van der Waals surface area contributed by atoms with Gasteiger partial charge in [-0.25, -0.2) is 17.6 Å². The number of hydrogen-bond donors (Lipinski definition) is 0. The van der Waals surface area contributed by atoms with Crippen LogP contribution in [0.3, 0.4) is 0 Å². The molecule has 17 heteroatoms. The second kappa shape index (κ2) is 12.3. The van der Waals surface area contributed by atoms with E-state index >= 15 is 0 Å². The Morgan fingerprint density at radius 3 is 1.29 bits per heavy atom. The van der Waals surface area contributed by atoms with Gasteiger partial charge in [-0.3, -0.25) is 0 Å². The van der Waals surface area contributed by atoms with Crippen LogP contribution in [0.5, 0.6) is 0 Å². The molecule has 0 saturated heterocycles. The van der Waals surface area contributed by atoms with Crippen LogP contribution in [-0.2, 0) is 12.4 Å². The molecule has 0 spiro atoms. The monoisotopic (exact) mass is 713 g/mol. The predicted octanol–water partition coefficient (Wildman–Crippen LogP) is 8.65. The minimum absolute atomic E-state index is 0.0674. The van der Waals surface area contributed by atoms with E-state index < -0.39 is 130 Å². The summed E-state index contributed by atoms with van der Waals surface area (Å²) in [4.78, 5) is 0. The number of halogens is 10. The maximum Gasteiger partial charge on any atom is 0.419 e. The Bertz CT molecular complexity index is 2630. The molecule has 0 radical (unpaired) electrons. The second-order valence-corrected chi connectivity index (χ2v) is 10.5. The zero-order valence-corrected chi connectivity index (χ0v) is 24.8. The van der Waals surface area contributed by atoms with E-state index in [-0.39, 0.29) is 24.3 Å². The number of allylic oxidation sites excluding steroid dienone is 8. The van der Waals surface area contributed by atoms with Crippen molar-refractivity contribution in [2.75, 3.05) is 0 Å². The summed E-state index contributed by atoms with van der Waals surface area (Å²) in [5.41, 5.74) is -15.9. The number of rotatable bonds is 2. The van der Waals surface area contributed by atoms with E-state index in [1.165, 1.54) is 24.3 Å². The first-order valence-corrected chi connectivity index (χ1v) is 13.6. The van der Waals surface area contributed by atoms with E-state index in [4.69, 9.17) is 0 Å². The standard InChI is InChI=1S/C35H5F10N7/c36-24-3-13(1-22(32(24)38)34(40,41)42)26-19(10-50)17-5-18-28(15(6-46)7-47)27(14-2-23(35(43,44)45)33(39)25(37)4-14)20(11-51)30(18)21(12-52)31(17)29(26)16(8-48)9-49/h1-5H. The van der Waals surface area contributed by atoms with Gasteiger partial charge in [0.05, 0.1) is 27.8 Å². The molecule has 3 aromatic rings. The van der Waals surface area contributed by atoms with E-state index in [9.17, 15) is 80.7 Å². The zero-order valence-electron chi connectivity index (χ0n) is 24.8. The Morgan fingerprint density at radius 2 is 0.904 bits per heavy atom. The average Bonchev–Trinajstić information content (AvgIpc) is 3.59. The van der Waals surface area contributed by atoms with Gasteiger partial charge in [-0.1, -0.05) is 0 Å². The molecule has 3 aromatic carbocycles. The van der Waals surface area contributed by atoms with E-state index in [0.29, 0.717) is 0 Å². The van der Waals surface area contributed by atoms with Crippen LogP contribution in [0.15, 0.2) is 41.5 Å². The fourth-order valence-corrected chi connectivity index (χ4v) is 5.95. The molecule has 0 bridgehead atoms. The molecule has 2 aliphatic rings. The number of nitriles is 7. The molecular formula is C35H5F10N7. The van der Waals surface area contributed by atoms with Gasteiger partial charge in [-0.2, -0.15) is 63.2 Å². The van der Waals surface area contributed by atoms with Gasteiger partial charge in [0.1, 0.15) is 53.6 Å². The fourth-order valence-electron chi connectivity index (χ4n) is 5.95. The first-order chi connectivity index (χ1) is 24.4. The second-order valence-electron chi connectivity index (χ2n) is 10.5. The Labute approximate surface area is 283 Å². The van der Waals surface area contributed by atoms with Crippen molar-refractivity contribution in [2.45, 2.75) is 12.4 Å². The lowest BCUT2D eigenvalue weighted by atomic mass is 9.86. The predicted molar refractivity (Wildman–Crippen MR) is 155 cm³/mol. The van der Waals surface area contributed by atoms with Crippen molar-refractivity contribution in [3.8, 4) is 42.5 Å². The third kappa shape index (κ3) is 5.17. The van der Waals surface area contributed by atoms with Gasteiger partial charge in [-0.05, 0) is 47.0 Å². The van der Waals surface area contributed by atoms with Gasteiger partial charge in [-0.15, -0.1) is 0 Å². The van der Waals surface area contributed by atoms with Crippen LogP contribution in [0.4, 0.5) is 43.9 Å². The summed E-state index contributed by atoms with van der Waals surface area (Å²) in [6.07, 6.45) is -11.0. The smallest absolute Gasteiger partial charge is 0.204 e.